The zero-order chi connectivity index (χ0) is 47.3. The van der Waals surface area contributed by atoms with Crippen molar-refractivity contribution in [1.82, 2.24) is 0 Å². The summed E-state index contributed by atoms with van der Waals surface area (Å²) >= 11 is 1.30. The van der Waals surface area contributed by atoms with E-state index >= 15 is 0 Å². The fourth-order valence-electron chi connectivity index (χ4n) is 7.37. The Hall–Kier alpha value is -5.51. The molecule has 0 bridgehead atoms. The van der Waals surface area contributed by atoms with Crippen molar-refractivity contribution in [2.24, 2.45) is 11.8 Å². The molecule has 13 nitrogen and oxygen atoms in total. The second kappa shape index (κ2) is 27.2. The molecule has 0 aromatic heterocycles. The molecule has 6 rings (SSSR count). The highest BCUT2D eigenvalue weighted by Gasteiger charge is 2.34. The topological polar surface area (TPSA) is 180 Å². The standard InChI is InChI=1S/C26H32O7.C26H32O6S/c2*1-3-18-14-21(31-12-5-11-27)8-9-23(18)24-15-19-6-7-22(16-25(19)33-26(24)29)32-17-20(28)10-13-30-4-2/h2*4,6-9,14-16,19-20,25,27-28H,2-3,5,10-13,17H2,1H3. The van der Waals surface area contributed by atoms with Gasteiger partial charge in [0.25, 0.3) is 0 Å². The lowest BCUT2D eigenvalue weighted by Crippen LogP contribution is -2.31. The highest BCUT2D eigenvalue weighted by Crippen LogP contribution is 2.41. The monoisotopic (exact) mass is 928 g/mol. The van der Waals surface area contributed by atoms with Gasteiger partial charge < -0.3 is 53.6 Å². The van der Waals surface area contributed by atoms with Crippen molar-refractivity contribution >= 4 is 34.0 Å². The van der Waals surface area contributed by atoms with E-state index in [1.807, 2.05) is 85.9 Å². The third-order valence-corrected chi connectivity index (χ3v) is 12.1. The Morgan fingerprint density at radius 1 is 0.682 bits per heavy atom. The number of hydrogen-bond acceptors (Lipinski definition) is 14. The first kappa shape index (κ1) is 51.5. The van der Waals surface area contributed by atoms with Crippen LogP contribution in [-0.2, 0) is 46.1 Å². The van der Waals surface area contributed by atoms with Crippen LogP contribution in [0.25, 0.3) is 11.1 Å². The van der Waals surface area contributed by atoms with E-state index < -0.39 is 18.3 Å². The van der Waals surface area contributed by atoms with Crippen LogP contribution in [0.4, 0.5) is 0 Å². The summed E-state index contributed by atoms with van der Waals surface area (Å²) in [4.78, 5) is 25.8. The van der Waals surface area contributed by atoms with Gasteiger partial charge in [-0.05, 0) is 83.7 Å². The third kappa shape index (κ3) is 15.3. The first-order chi connectivity index (χ1) is 32.1. The Labute approximate surface area is 392 Å². The predicted molar refractivity (Wildman–Crippen MR) is 255 cm³/mol. The van der Waals surface area contributed by atoms with Crippen LogP contribution in [-0.4, -0.2) is 108 Å². The Bertz CT molecular complexity index is 1990. The molecule has 6 unspecified atom stereocenters. The number of aliphatic hydroxyl groups excluding tert-OH is 4. The second-order valence-electron chi connectivity index (χ2n) is 15.7. The van der Waals surface area contributed by atoms with Gasteiger partial charge in [-0.2, -0.15) is 0 Å². The van der Waals surface area contributed by atoms with Gasteiger partial charge in [-0.1, -0.05) is 75.2 Å². The molecule has 0 spiro atoms. The fourth-order valence-corrected chi connectivity index (χ4v) is 8.45. The third-order valence-electron chi connectivity index (χ3n) is 10.9. The highest BCUT2D eigenvalue weighted by atomic mass is 32.2. The summed E-state index contributed by atoms with van der Waals surface area (Å²) in [5, 5.41) is 37.8. The maximum Gasteiger partial charge on any atom is 0.339 e. The van der Waals surface area contributed by atoms with Crippen molar-refractivity contribution in [3.63, 3.8) is 0 Å². The van der Waals surface area contributed by atoms with Crippen molar-refractivity contribution in [3.05, 3.63) is 144 Å². The normalized spacial score (nSPS) is 20.3. The van der Waals surface area contributed by atoms with Gasteiger partial charge >= 0.3 is 5.97 Å². The van der Waals surface area contributed by atoms with Crippen LogP contribution < -0.4 is 9.47 Å². The van der Waals surface area contributed by atoms with E-state index in [0.29, 0.717) is 75.0 Å². The van der Waals surface area contributed by atoms with Gasteiger partial charge in [0.2, 0.25) is 5.12 Å². The van der Waals surface area contributed by atoms with Gasteiger partial charge in [-0.25, -0.2) is 4.79 Å². The van der Waals surface area contributed by atoms with E-state index in [2.05, 4.69) is 20.1 Å². The van der Waals surface area contributed by atoms with Gasteiger partial charge in [0.05, 0.1) is 56.7 Å². The number of thioether (sulfide) groups is 1. The highest BCUT2D eigenvalue weighted by molar-refractivity contribution is 8.15. The summed E-state index contributed by atoms with van der Waals surface area (Å²) in [5.74, 6) is 2.30. The number of aryl methyl sites for hydroxylation is 2. The lowest BCUT2D eigenvalue weighted by molar-refractivity contribution is -0.141. The number of aliphatic hydroxyl groups is 4. The molecule has 0 radical (unpaired) electrons. The number of esters is 1. The molecular formula is C52H64O13S. The zero-order valence-electron chi connectivity index (χ0n) is 37.9. The van der Waals surface area contributed by atoms with E-state index in [1.165, 1.54) is 24.3 Å². The molecule has 2 aliphatic carbocycles. The average molecular weight is 929 g/mol. The van der Waals surface area contributed by atoms with E-state index in [0.717, 1.165) is 46.4 Å². The minimum atomic E-state index is -0.666. The Kier molecular flexibility index (Phi) is 21.2. The second-order valence-corrected chi connectivity index (χ2v) is 16.8. The van der Waals surface area contributed by atoms with Crippen LogP contribution in [0, 0.1) is 11.8 Å². The Balaban J connectivity index is 0.000000247. The maximum absolute atomic E-state index is 13.0. The molecule has 2 aromatic carbocycles. The van der Waals surface area contributed by atoms with E-state index in [1.54, 1.807) is 6.08 Å². The molecule has 0 fully saturated rings. The molecule has 4 aliphatic rings. The Morgan fingerprint density at radius 3 is 1.73 bits per heavy atom. The van der Waals surface area contributed by atoms with Crippen molar-refractivity contribution in [3.8, 4) is 11.5 Å². The number of carbonyl (C=O) groups excluding carboxylic acids is 2. The SMILES string of the molecule is C=COCCC(O)COC1=CC2OC(=O)C(c3ccc(OCCCO)cc3CC)=CC2C=C1.C=COCCC(O)COC1=CC2SC(=O)C(c3ccc(OCCCO)cc3CC)=CC2C=C1. The first-order valence-corrected chi connectivity index (χ1v) is 23.4. The van der Waals surface area contributed by atoms with Gasteiger partial charge in [0, 0.05) is 61.6 Å². The predicted octanol–water partition coefficient (Wildman–Crippen LogP) is 7.35. The summed E-state index contributed by atoms with van der Waals surface area (Å²) in [6.45, 7) is 13.1. The van der Waals surface area contributed by atoms with Crippen molar-refractivity contribution < 1.29 is 63.2 Å². The van der Waals surface area contributed by atoms with Crippen LogP contribution in [0.1, 0.15) is 61.8 Å². The van der Waals surface area contributed by atoms with Crippen LogP contribution in [0.15, 0.2) is 122 Å². The summed E-state index contributed by atoms with van der Waals surface area (Å²) in [5.41, 5.74) is 5.08. The molecule has 6 atom stereocenters. The molecule has 14 heteroatoms. The Morgan fingerprint density at radius 2 is 1.20 bits per heavy atom. The van der Waals surface area contributed by atoms with E-state index in [-0.39, 0.29) is 54.6 Å². The molecule has 2 aromatic rings. The number of ether oxygens (including phenoxy) is 7. The molecule has 356 valence electrons. The van der Waals surface area contributed by atoms with Crippen molar-refractivity contribution in [2.45, 2.75) is 75.9 Å². The lowest BCUT2D eigenvalue weighted by atomic mass is 9.88. The number of hydrogen-bond donors (Lipinski definition) is 4. The molecule has 66 heavy (non-hydrogen) atoms. The van der Waals surface area contributed by atoms with Crippen LogP contribution in [0.3, 0.4) is 0 Å². The summed E-state index contributed by atoms with van der Waals surface area (Å²) in [6, 6.07) is 11.5. The first-order valence-electron chi connectivity index (χ1n) is 22.6. The largest absolute Gasteiger partial charge is 0.502 e. The number of fused-ring (bicyclic) bond motifs is 2. The number of rotatable bonds is 26. The molecular weight excluding hydrogens is 865 g/mol. The molecule has 0 amide bonds. The van der Waals surface area contributed by atoms with E-state index in [9.17, 15) is 19.8 Å². The maximum atomic E-state index is 13.0. The van der Waals surface area contributed by atoms with Gasteiger partial charge in [0.15, 0.2) is 0 Å². The summed E-state index contributed by atoms with van der Waals surface area (Å²) in [7, 11) is 0. The van der Waals surface area contributed by atoms with Gasteiger partial charge in [-0.15, -0.1) is 0 Å². The molecule has 2 heterocycles. The molecule has 0 saturated heterocycles. The average Bonchev–Trinajstić information content (AvgIpc) is 3.32. The number of carbonyl (C=O) groups is 2. The van der Waals surface area contributed by atoms with E-state index in [4.69, 9.17) is 43.4 Å². The van der Waals surface area contributed by atoms with Crippen molar-refractivity contribution in [1.29, 1.82) is 0 Å². The van der Waals surface area contributed by atoms with Crippen LogP contribution in [0.5, 0.6) is 11.5 Å². The molecule has 2 aliphatic heterocycles. The smallest absolute Gasteiger partial charge is 0.339 e. The summed E-state index contributed by atoms with van der Waals surface area (Å²) < 4.78 is 38.5. The number of benzene rings is 2. The molecule has 0 saturated carbocycles. The van der Waals surface area contributed by atoms with Crippen LogP contribution >= 0.6 is 11.8 Å². The van der Waals surface area contributed by atoms with Crippen molar-refractivity contribution in [2.75, 3.05) is 52.9 Å². The minimum absolute atomic E-state index is 0.0337. The van der Waals surface area contributed by atoms with Gasteiger partial charge in [-0.3, -0.25) is 4.79 Å². The zero-order valence-corrected chi connectivity index (χ0v) is 38.7. The fraction of sp³-hybridized carbons (Fsp3) is 0.423. The van der Waals surface area contributed by atoms with Crippen LogP contribution in [0.2, 0.25) is 0 Å². The molecule has 4 N–H and O–H groups in total. The lowest BCUT2D eigenvalue weighted by Gasteiger charge is -2.29. The quantitative estimate of drug-likeness (QED) is 0.0418. The minimum Gasteiger partial charge on any atom is -0.502 e. The van der Waals surface area contributed by atoms with Gasteiger partial charge in [0.1, 0.15) is 42.3 Å². The summed E-state index contributed by atoms with van der Waals surface area (Å²) in [6.07, 6.45) is 19.9. The number of allylic oxidation sites excluding steroid dienone is 4.